The van der Waals surface area contributed by atoms with E-state index in [1.165, 1.54) is 26.0 Å². The molecule has 0 aliphatic rings. The minimum atomic E-state index is -0.216. The summed E-state index contributed by atoms with van der Waals surface area (Å²) >= 11 is 0. The molecule has 0 spiro atoms. The van der Waals surface area contributed by atoms with Crippen molar-refractivity contribution >= 4 is 11.6 Å². The summed E-state index contributed by atoms with van der Waals surface area (Å²) < 4.78 is 11.3. The van der Waals surface area contributed by atoms with Gasteiger partial charge < -0.3 is 19.7 Å². The average Bonchev–Trinajstić information content (AvgIpc) is 2.68. The number of benzene rings is 2. The number of aromatic hydroxyl groups is 2. The molecule has 0 radical (unpaired) electrons. The van der Waals surface area contributed by atoms with Crippen LogP contribution in [0.1, 0.15) is 73.1 Å². The molecule has 0 saturated carbocycles. The van der Waals surface area contributed by atoms with Crippen LogP contribution in [0.3, 0.4) is 0 Å². The number of phenols is 2. The molecule has 2 aromatic rings. The average molecular weight is 414 g/mol. The molecule has 0 aliphatic carbocycles. The van der Waals surface area contributed by atoms with Crippen molar-refractivity contribution in [1.29, 1.82) is 0 Å². The summed E-state index contributed by atoms with van der Waals surface area (Å²) in [7, 11) is 0. The van der Waals surface area contributed by atoms with Crippen LogP contribution in [-0.2, 0) is 0 Å². The van der Waals surface area contributed by atoms with Crippen LogP contribution in [-0.4, -0.2) is 35.0 Å². The zero-order chi connectivity index (χ0) is 21.9. The summed E-state index contributed by atoms with van der Waals surface area (Å²) in [6.07, 6.45) is 5.89. The Labute approximate surface area is 177 Å². The molecule has 6 nitrogen and oxygen atoms in total. The van der Waals surface area contributed by atoms with Crippen molar-refractivity contribution in [3.05, 3.63) is 47.5 Å². The third-order valence-corrected chi connectivity index (χ3v) is 4.77. The van der Waals surface area contributed by atoms with Crippen LogP contribution < -0.4 is 9.47 Å². The molecule has 0 heterocycles. The van der Waals surface area contributed by atoms with Gasteiger partial charge in [-0.2, -0.15) is 0 Å². The molecule has 0 unspecified atom stereocenters. The molecule has 0 saturated heterocycles. The maximum atomic E-state index is 11.6. The Bertz CT molecular complexity index is 787. The third-order valence-electron chi connectivity index (χ3n) is 4.77. The van der Waals surface area contributed by atoms with Crippen molar-refractivity contribution in [2.75, 3.05) is 13.2 Å². The van der Waals surface area contributed by atoms with Crippen molar-refractivity contribution in [3.63, 3.8) is 0 Å². The van der Waals surface area contributed by atoms with Gasteiger partial charge in [0.05, 0.1) is 13.2 Å². The maximum Gasteiger partial charge on any atom is 0.167 e. The highest BCUT2D eigenvalue weighted by Crippen LogP contribution is 2.29. The molecule has 0 aromatic heterocycles. The lowest BCUT2D eigenvalue weighted by Crippen LogP contribution is -2.04. The Kier molecular flexibility index (Phi) is 9.19. The smallest absolute Gasteiger partial charge is 0.167 e. The number of ketones is 2. The molecular formula is C24H30O6. The second-order valence-corrected chi connectivity index (χ2v) is 7.23. The number of phenolic OH excluding ortho intramolecular Hbond substituents is 2. The SMILES string of the molecule is CC(=O)c1c(O)cccc1OCCCCCCCCOc1cccc(O)c1C(C)=O. The van der Waals surface area contributed by atoms with Crippen LogP contribution in [0.25, 0.3) is 0 Å². The van der Waals surface area contributed by atoms with Crippen LogP contribution in [0.2, 0.25) is 0 Å². The van der Waals surface area contributed by atoms with Crippen LogP contribution in [0.15, 0.2) is 36.4 Å². The second-order valence-electron chi connectivity index (χ2n) is 7.23. The third kappa shape index (κ3) is 6.79. The van der Waals surface area contributed by atoms with Gasteiger partial charge in [0.2, 0.25) is 0 Å². The van der Waals surface area contributed by atoms with E-state index in [0.717, 1.165) is 38.5 Å². The van der Waals surface area contributed by atoms with Gasteiger partial charge in [-0.15, -0.1) is 0 Å². The van der Waals surface area contributed by atoms with Gasteiger partial charge in [-0.1, -0.05) is 37.8 Å². The van der Waals surface area contributed by atoms with Crippen LogP contribution in [0, 0.1) is 0 Å². The van der Waals surface area contributed by atoms with Crippen molar-refractivity contribution in [2.45, 2.75) is 52.4 Å². The second kappa shape index (κ2) is 11.9. The van der Waals surface area contributed by atoms with E-state index in [9.17, 15) is 19.8 Å². The predicted octanol–water partition coefficient (Wildman–Crippen LogP) is 5.30. The standard InChI is InChI=1S/C24H30O6/c1-17(25)23-19(27)11-9-13-21(23)29-15-7-5-3-4-6-8-16-30-22-14-10-12-20(28)24(22)18(2)26/h9-14,27-28H,3-8,15-16H2,1-2H3. The van der Waals surface area contributed by atoms with Crippen LogP contribution >= 0.6 is 0 Å². The largest absolute Gasteiger partial charge is 0.507 e. The summed E-state index contributed by atoms with van der Waals surface area (Å²) in [6.45, 7) is 3.82. The molecular weight excluding hydrogens is 384 g/mol. The van der Waals surface area contributed by atoms with Gasteiger partial charge in [-0.25, -0.2) is 0 Å². The number of hydrogen-bond donors (Lipinski definition) is 2. The number of carbonyl (C=O) groups is 2. The summed E-state index contributed by atoms with van der Waals surface area (Å²) in [5.41, 5.74) is 0.467. The Morgan fingerprint density at radius 2 is 1.03 bits per heavy atom. The van der Waals surface area contributed by atoms with Crippen molar-refractivity contribution < 1.29 is 29.3 Å². The van der Waals surface area contributed by atoms with Crippen LogP contribution in [0.5, 0.6) is 23.0 Å². The number of Topliss-reactive ketones (excluding diaryl/α,β-unsaturated/α-hetero) is 2. The fourth-order valence-corrected chi connectivity index (χ4v) is 3.26. The maximum absolute atomic E-state index is 11.6. The Balaban J connectivity index is 1.59. The number of ether oxygens (including phenoxy) is 2. The lowest BCUT2D eigenvalue weighted by Gasteiger charge is -2.11. The van der Waals surface area contributed by atoms with E-state index >= 15 is 0 Å². The first-order chi connectivity index (χ1) is 14.4. The molecule has 30 heavy (non-hydrogen) atoms. The predicted molar refractivity (Wildman–Crippen MR) is 115 cm³/mol. The monoisotopic (exact) mass is 414 g/mol. The minimum Gasteiger partial charge on any atom is -0.507 e. The first-order valence-electron chi connectivity index (χ1n) is 10.3. The summed E-state index contributed by atoms with van der Waals surface area (Å²) in [6, 6.07) is 9.68. The quantitative estimate of drug-likeness (QED) is 0.341. The van der Waals surface area contributed by atoms with E-state index in [0.29, 0.717) is 24.7 Å². The lowest BCUT2D eigenvalue weighted by molar-refractivity contribution is 0.0997. The van der Waals surface area contributed by atoms with Crippen molar-refractivity contribution in [1.82, 2.24) is 0 Å². The molecule has 0 bridgehead atoms. The van der Waals surface area contributed by atoms with Gasteiger partial charge in [-0.05, 0) is 51.0 Å². The van der Waals surface area contributed by atoms with Gasteiger partial charge in [0.25, 0.3) is 0 Å². The molecule has 0 fully saturated rings. The highest BCUT2D eigenvalue weighted by molar-refractivity contribution is 6.00. The first-order valence-corrected chi connectivity index (χ1v) is 10.3. The molecule has 0 aliphatic heterocycles. The summed E-state index contributed by atoms with van der Waals surface area (Å²) in [4.78, 5) is 23.3. The van der Waals surface area contributed by atoms with Gasteiger partial charge in [0, 0.05) is 0 Å². The molecule has 6 heteroatoms. The van der Waals surface area contributed by atoms with E-state index < -0.39 is 0 Å². The molecule has 2 aromatic carbocycles. The Hall–Kier alpha value is -3.02. The highest BCUT2D eigenvalue weighted by atomic mass is 16.5. The topological polar surface area (TPSA) is 93.1 Å². The number of unbranched alkanes of at least 4 members (excludes halogenated alkanes) is 5. The summed E-state index contributed by atoms with van der Waals surface area (Å²) in [5.74, 6) is 0.317. The van der Waals surface area contributed by atoms with Gasteiger partial charge in [0.15, 0.2) is 11.6 Å². The van der Waals surface area contributed by atoms with Gasteiger partial charge in [-0.3, -0.25) is 9.59 Å². The first kappa shape index (κ1) is 23.3. The molecule has 0 amide bonds. The molecule has 162 valence electrons. The van der Waals surface area contributed by atoms with Gasteiger partial charge in [0.1, 0.15) is 34.1 Å². The number of hydrogen-bond acceptors (Lipinski definition) is 6. The lowest BCUT2D eigenvalue weighted by atomic mass is 10.1. The molecule has 2 rings (SSSR count). The molecule has 2 N–H and O–H groups in total. The normalized spacial score (nSPS) is 10.6. The van der Waals surface area contributed by atoms with Crippen LogP contribution in [0.4, 0.5) is 0 Å². The fraction of sp³-hybridized carbons (Fsp3) is 0.417. The van der Waals surface area contributed by atoms with E-state index in [1.807, 2.05) is 0 Å². The van der Waals surface area contributed by atoms with Crippen molar-refractivity contribution in [2.24, 2.45) is 0 Å². The van der Waals surface area contributed by atoms with E-state index in [2.05, 4.69) is 0 Å². The molecule has 0 atom stereocenters. The Morgan fingerprint density at radius 3 is 1.40 bits per heavy atom. The minimum absolute atomic E-state index is 0.0524. The van der Waals surface area contributed by atoms with Crippen molar-refractivity contribution in [3.8, 4) is 23.0 Å². The fourth-order valence-electron chi connectivity index (χ4n) is 3.26. The summed E-state index contributed by atoms with van der Waals surface area (Å²) in [5, 5.41) is 19.6. The van der Waals surface area contributed by atoms with Gasteiger partial charge >= 0.3 is 0 Å². The number of rotatable bonds is 13. The Morgan fingerprint density at radius 1 is 0.667 bits per heavy atom. The number of carbonyl (C=O) groups excluding carboxylic acids is 2. The van der Waals surface area contributed by atoms with E-state index in [1.54, 1.807) is 24.3 Å². The zero-order valence-corrected chi connectivity index (χ0v) is 17.6. The van der Waals surface area contributed by atoms with E-state index in [-0.39, 0.29) is 34.2 Å². The highest BCUT2D eigenvalue weighted by Gasteiger charge is 2.14. The zero-order valence-electron chi connectivity index (χ0n) is 17.6. The van der Waals surface area contributed by atoms with E-state index in [4.69, 9.17) is 9.47 Å².